The lowest BCUT2D eigenvalue weighted by Gasteiger charge is -2.22. The standard InChI is InChI=1S/C36H28F3N3O7.C36H30F3N3O7.C36H28F3N3O7/c1-48-30-13-8-25(31(18-30)36(37,38)39)17-32(43)41-28-9-6-23(7-10-28)34(46)42(21-33(44)45)20-22-2-11-29(12-3-22)49-35(47)26-4-5-27-19-40-15-14-24(27)16-26;1-48-29-14-8-24(30(19-29)36(37,38)39)18-32(43)41-27-10-6-23(7-11-27)34(46)42(21-33(44)45)20-22-4-12-28(13-5-22)49-35(47)26-9-15-31-25(17-26)3-2-16-40-31;1-48-29-15-10-25(30(19-29)36(37,38)39)18-32(43)41-27-11-8-24(9-12-27)34(46)42(21-33(44)45)20-22-4-13-28(14-5-22)49-35(47)26-7-6-23-3-2-16-40-31(23)17-26/h2-16,18-19H,17,20-21H2,1H3,(H,41,43)(H,44,45);2-17,19,32,41,43H,18,20-21H2,1H3,(H,44,45);2-17,19H,18,20-21H2,1H3,(H,41,43)(H,44,45). The van der Waals surface area contributed by atoms with Crippen molar-refractivity contribution in [3.63, 3.8) is 0 Å². The van der Waals surface area contributed by atoms with Crippen molar-refractivity contribution in [2.24, 2.45) is 0 Å². The summed E-state index contributed by atoms with van der Waals surface area (Å²) in [6.45, 7) is -2.08. The second kappa shape index (κ2) is 47.9. The third-order valence-electron chi connectivity index (χ3n) is 22.2. The number of pyridine rings is 3. The van der Waals surface area contributed by atoms with E-state index in [4.69, 9.17) is 28.4 Å². The molecule has 752 valence electrons. The van der Waals surface area contributed by atoms with E-state index in [2.05, 4.69) is 30.9 Å². The van der Waals surface area contributed by atoms with E-state index in [1.54, 1.807) is 134 Å². The molecule has 1 unspecified atom stereocenters. The fourth-order valence-electron chi connectivity index (χ4n) is 15.0. The van der Waals surface area contributed by atoms with E-state index in [0.29, 0.717) is 44.6 Å². The van der Waals surface area contributed by atoms with Gasteiger partial charge >= 0.3 is 54.3 Å². The van der Waals surface area contributed by atoms with E-state index in [1.165, 1.54) is 167 Å². The summed E-state index contributed by atoms with van der Waals surface area (Å²) < 4.78 is 153. The molecule has 0 fully saturated rings. The molecule has 1 atom stereocenters. The number of nitrogens with one attached hydrogen (secondary N) is 3. The number of aliphatic carboxylic acids is 3. The Kier molecular flexibility index (Phi) is 34.5. The van der Waals surface area contributed by atoms with Crippen molar-refractivity contribution in [2.45, 2.75) is 63.7 Å². The van der Waals surface area contributed by atoms with Crippen molar-refractivity contribution in [3.05, 3.63) is 393 Å². The highest BCUT2D eigenvalue weighted by molar-refractivity contribution is 6.02. The fourth-order valence-corrected chi connectivity index (χ4v) is 15.0. The summed E-state index contributed by atoms with van der Waals surface area (Å²) in [4.78, 5) is 154. The molecule has 3 aromatic heterocycles. The average molecular weight is 2020 g/mol. The van der Waals surface area contributed by atoms with Gasteiger partial charge in [0.15, 0.2) is 0 Å². The van der Waals surface area contributed by atoms with Crippen LogP contribution in [0.4, 0.5) is 56.6 Å². The van der Waals surface area contributed by atoms with Crippen molar-refractivity contribution in [1.82, 2.24) is 29.7 Å². The van der Waals surface area contributed by atoms with Crippen LogP contribution in [0.3, 0.4) is 0 Å². The van der Waals surface area contributed by atoms with Crippen LogP contribution in [0, 0.1) is 0 Å². The number of nitrogens with zero attached hydrogens (tertiary/aromatic N) is 6. The lowest BCUT2D eigenvalue weighted by molar-refractivity contribution is -0.139. The zero-order valence-electron chi connectivity index (χ0n) is 77.7. The summed E-state index contributed by atoms with van der Waals surface area (Å²) in [5.74, 6) is -7.93. The molecule has 15 aromatic rings. The number of benzene rings is 12. The number of halogens is 9. The number of aromatic nitrogens is 3. The van der Waals surface area contributed by atoms with Gasteiger partial charge in [-0.05, 0) is 245 Å². The van der Waals surface area contributed by atoms with Gasteiger partial charge in [-0.15, -0.1) is 0 Å². The molecule has 0 radical (unpaired) electrons. The Morgan fingerprint density at radius 1 is 0.333 bits per heavy atom. The molecule has 30 nitrogen and oxygen atoms in total. The maximum Gasteiger partial charge on any atom is 0.416 e. The van der Waals surface area contributed by atoms with Crippen molar-refractivity contribution in [1.29, 1.82) is 0 Å². The van der Waals surface area contributed by atoms with E-state index in [0.717, 1.165) is 60.0 Å². The number of hydrogen-bond acceptors (Lipinski definition) is 22. The summed E-state index contributed by atoms with van der Waals surface area (Å²) in [5.41, 5.74) is 1.68. The number of carboxylic acids is 3. The number of hydrogen-bond donors (Lipinski definition) is 7. The van der Waals surface area contributed by atoms with Crippen LogP contribution in [0.25, 0.3) is 32.6 Å². The van der Waals surface area contributed by atoms with E-state index in [-0.39, 0.29) is 105 Å². The predicted octanol–water partition coefficient (Wildman–Crippen LogP) is 19.0. The molecule has 39 heteroatoms. The number of fused-ring (bicyclic) bond motifs is 3. The highest BCUT2D eigenvalue weighted by Gasteiger charge is 2.38. The lowest BCUT2D eigenvalue weighted by Crippen LogP contribution is -2.35. The van der Waals surface area contributed by atoms with Crippen LogP contribution in [0.2, 0.25) is 0 Å². The second-order valence-corrected chi connectivity index (χ2v) is 32.6. The van der Waals surface area contributed by atoms with Gasteiger partial charge in [-0.3, -0.25) is 53.3 Å². The van der Waals surface area contributed by atoms with Gasteiger partial charge in [0.05, 0.1) is 78.6 Å². The largest absolute Gasteiger partial charge is 0.497 e. The van der Waals surface area contributed by atoms with Gasteiger partial charge in [0.2, 0.25) is 11.8 Å². The summed E-state index contributed by atoms with van der Waals surface area (Å²) >= 11 is 0. The Morgan fingerprint density at radius 2 is 0.667 bits per heavy atom. The number of amides is 5. The molecule has 0 aliphatic rings. The topological polar surface area (TPSA) is 409 Å². The summed E-state index contributed by atoms with van der Waals surface area (Å²) in [6, 6.07) is 69.8. The van der Waals surface area contributed by atoms with Gasteiger partial charge in [0.1, 0.15) is 60.4 Å². The van der Waals surface area contributed by atoms with Gasteiger partial charge in [-0.1, -0.05) is 78.9 Å². The van der Waals surface area contributed by atoms with E-state index in [9.17, 15) is 113 Å². The zero-order valence-corrected chi connectivity index (χ0v) is 77.7. The Labute approximate surface area is 830 Å². The molecule has 147 heavy (non-hydrogen) atoms. The minimum Gasteiger partial charge on any atom is -0.497 e. The van der Waals surface area contributed by atoms with Crippen LogP contribution >= 0.6 is 0 Å². The predicted molar refractivity (Wildman–Crippen MR) is 518 cm³/mol. The van der Waals surface area contributed by atoms with Crippen molar-refractivity contribution in [3.8, 4) is 34.5 Å². The number of carboxylic acid groups (broad SMARTS) is 3. The molecule has 0 aliphatic heterocycles. The average Bonchev–Trinajstić information content (AvgIpc) is 0.776. The Bertz CT molecular complexity index is 7080. The molecule has 15 rings (SSSR count). The number of carbonyl (C=O) groups excluding carboxylic acids is 8. The summed E-state index contributed by atoms with van der Waals surface area (Å²) in [5, 5.41) is 49.9. The van der Waals surface area contributed by atoms with Crippen LogP contribution in [0.5, 0.6) is 34.5 Å². The van der Waals surface area contributed by atoms with Crippen molar-refractivity contribution < 1.29 is 141 Å². The van der Waals surface area contributed by atoms with Gasteiger partial charge < -0.3 is 79.5 Å². The van der Waals surface area contributed by atoms with Crippen molar-refractivity contribution >= 4 is 115 Å². The molecule has 0 aliphatic carbocycles. The maximum absolute atomic E-state index is 13.6. The fraction of sp³-hybridized carbons (Fsp3) is 0.148. The number of methoxy groups -OCH3 is 3. The first-order chi connectivity index (χ1) is 70.2. The number of rotatable bonds is 34. The van der Waals surface area contributed by atoms with Gasteiger partial charge in [0.25, 0.3) is 17.7 Å². The normalized spacial score (nSPS) is 11.4. The van der Waals surface area contributed by atoms with Gasteiger partial charge in [-0.2, -0.15) is 39.5 Å². The van der Waals surface area contributed by atoms with E-state index < -0.39 is 139 Å². The number of ether oxygens (including phenoxy) is 6. The Morgan fingerprint density at radius 3 is 1.05 bits per heavy atom. The van der Waals surface area contributed by atoms with Crippen molar-refractivity contribution in [2.75, 3.05) is 56.9 Å². The lowest BCUT2D eigenvalue weighted by atomic mass is 10.0. The number of anilines is 3. The summed E-state index contributed by atoms with van der Waals surface area (Å²) in [7, 11) is 3.73. The third kappa shape index (κ3) is 29.6. The first-order valence-corrected chi connectivity index (χ1v) is 44.2. The molecule has 0 saturated heterocycles. The number of aliphatic hydroxyl groups is 1. The molecule has 0 saturated carbocycles. The summed E-state index contributed by atoms with van der Waals surface area (Å²) in [6.07, 6.45) is -10.4. The Hall–Kier alpha value is -18.4. The highest BCUT2D eigenvalue weighted by atomic mass is 19.4. The van der Waals surface area contributed by atoms with Crippen LogP contribution in [-0.2, 0) is 81.4 Å². The molecule has 12 aromatic carbocycles. The van der Waals surface area contributed by atoms with Crippen LogP contribution in [-0.4, -0.2) is 163 Å². The number of esters is 3. The minimum atomic E-state index is -4.70. The minimum absolute atomic E-state index is 0.00200. The zero-order chi connectivity index (χ0) is 105. The number of aliphatic hydroxyl groups excluding tert-OH is 1. The maximum atomic E-state index is 13.6. The van der Waals surface area contributed by atoms with Gasteiger partial charge in [-0.25, -0.2) is 14.4 Å². The number of alkyl halides is 9. The van der Waals surface area contributed by atoms with Crippen LogP contribution in [0.1, 0.15) is 112 Å². The second-order valence-electron chi connectivity index (χ2n) is 32.6. The number of carbonyl (C=O) groups is 11. The molecule has 0 bridgehead atoms. The van der Waals surface area contributed by atoms with Gasteiger partial charge in [0, 0.05) is 101 Å². The molecule has 3 heterocycles. The van der Waals surface area contributed by atoms with E-state index in [1.807, 2.05) is 12.1 Å². The Balaban J connectivity index is 0.000000184. The quantitative estimate of drug-likeness (QED) is 0.00852. The third-order valence-corrected chi connectivity index (χ3v) is 22.2. The molecule has 5 amide bonds. The first kappa shape index (κ1) is 106. The molecule has 0 spiro atoms. The SMILES string of the molecule is COc1ccc(CC(=O)Nc2ccc(C(=O)N(CC(=O)O)Cc3ccc(OC(=O)c4ccc5cccnc5c4)cc3)cc2)c(C(F)(F)F)c1.COc1ccc(CC(=O)Nc2ccc(C(=O)N(CC(=O)O)Cc3ccc(OC(=O)c4ccc5cnccc5c4)cc3)cc2)c(C(F)(F)F)c1.COc1ccc(CC(O)Nc2ccc(C(=O)N(CC(=O)O)Cc3ccc(OC(=O)c4ccc5ncccc5c4)cc3)cc2)c(C(F)(F)F)c1. The smallest absolute Gasteiger partial charge is 0.416 e. The van der Waals surface area contributed by atoms with Crippen LogP contribution in [0.15, 0.2) is 310 Å². The monoisotopic (exact) mass is 2020 g/mol. The van der Waals surface area contributed by atoms with E-state index >= 15 is 0 Å². The van der Waals surface area contributed by atoms with Crippen LogP contribution < -0.4 is 44.4 Å². The molecule has 7 N–H and O–H groups in total. The molecular formula is C108H86F9N9O21. The molecular weight excluding hydrogens is 1930 g/mol. The first-order valence-electron chi connectivity index (χ1n) is 44.2. The highest BCUT2D eigenvalue weighted by Crippen LogP contribution is 2.39.